The lowest BCUT2D eigenvalue weighted by Gasteiger charge is -1.92. The van der Waals surface area contributed by atoms with Crippen LogP contribution in [0.2, 0.25) is 0 Å². The molecule has 1 aromatic rings. The summed E-state index contributed by atoms with van der Waals surface area (Å²) in [4.78, 5) is 14.2. The number of pyridine rings is 1. The Morgan fingerprint density at radius 1 is 1.58 bits per heavy atom. The van der Waals surface area contributed by atoms with Crippen LogP contribution in [0.5, 0.6) is 0 Å². The van der Waals surface area contributed by atoms with Crippen LogP contribution in [0.1, 0.15) is 11.4 Å². The summed E-state index contributed by atoms with van der Waals surface area (Å²) in [6, 6.07) is 5.45. The van der Waals surface area contributed by atoms with Gasteiger partial charge in [-0.25, -0.2) is 4.79 Å². The molecule has 3 nitrogen and oxygen atoms in total. The second-order valence-electron chi connectivity index (χ2n) is 2.38. The smallest absolute Gasteiger partial charge is 0.328 e. The van der Waals surface area contributed by atoms with Crippen LogP contribution in [0.15, 0.2) is 24.3 Å². The van der Waals surface area contributed by atoms with E-state index in [2.05, 4.69) is 4.98 Å². The molecule has 0 aliphatic carbocycles. The maximum absolute atomic E-state index is 10.1. The Morgan fingerprint density at radius 3 is 2.92 bits per heavy atom. The van der Waals surface area contributed by atoms with Gasteiger partial charge in [0, 0.05) is 11.8 Å². The fourth-order valence-electron chi connectivity index (χ4n) is 0.814. The van der Waals surface area contributed by atoms with E-state index in [1.807, 2.05) is 19.1 Å². The maximum Gasteiger partial charge on any atom is 0.328 e. The molecule has 62 valence electrons. The minimum absolute atomic E-state index is 0.664. The molecule has 0 bridgehead atoms. The average molecular weight is 163 g/mol. The number of nitrogens with zero attached hydrogens (tertiary/aromatic N) is 1. The molecule has 1 rings (SSSR count). The molecule has 1 N–H and O–H groups in total. The van der Waals surface area contributed by atoms with Crippen molar-refractivity contribution in [3.63, 3.8) is 0 Å². The van der Waals surface area contributed by atoms with E-state index >= 15 is 0 Å². The lowest BCUT2D eigenvalue weighted by atomic mass is 10.3. The molecule has 0 fully saturated rings. The second-order valence-corrected chi connectivity index (χ2v) is 2.38. The first-order valence-corrected chi connectivity index (χ1v) is 3.53. The van der Waals surface area contributed by atoms with Crippen LogP contribution >= 0.6 is 0 Å². The quantitative estimate of drug-likeness (QED) is 0.672. The van der Waals surface area contributed by atoms with E-state index in [0.29, 0.717) is 5.69 Å². The monoisotopic (exact) mass is 163 g/mol. The van der Waals surface area contributed by atoms with Crippen molar-refractivity contribution in [2.24, 2.45) is 0 Å². The van der Waals surface area contributed by atoms with Gasteiger partial charge >= 0.3 is 5.97 Å². The summed E-state index contributed by atoms with van der Waals surface area (Å²) in [5, 5.41) is 8.33. The molecule has 0 aliphatic rings. The van der Waals surface area contributed by atoms with Gasteiger partial charge in [0.25, 0.3) is 0 Å². The Bertz CT molecular complexity index is 318. The van der Waals surface area contributed by atoms with Gasteiger partial charge < -0.3 is 5.11 Å². The number of aromatic nitrogens is 1. The summed E-state index contributed by atoms with van der Waals surface area (Å²) >= 11 is 0. The van der Waals surface area contributed by atoms with E-state index in [1.165, 1.54) is 6.08 Å². The summed E-state index contributed by atoms with van der Waals surface area (Å²) in [7, 11) is 0. The third-order valence-electron chi connectivity index (χ3n) is 1.31. The number of carbonyl (C=O) groups is 1. The lowest BCUT2D eigenvalue weighted by molar-refractivity contribution is -0.131. The summed E-state index contributed by atoms with van der Waals surface area (Å²) in [5.74, 6) is -0.960. The normalized spacial score (nSPS) is 10.4. The van der Waals surface area contributed by atoms with Crippen molar-refractivity contribution in [2.45, 2.75) is 6.92 Å². The van der Waals surface area contributed by atoms with E-state index in [1.54, 1.807) is 6.07 Å². The highest BCUT2D eigenvalue weighted by Gasteiger charge is 1.90. The summed E-state index contributed by atoms with van der Waals surface area (Å²) in [6.07, 6.45) is 2.54. The number of carboxylic acid groups (broad SMARTS) is 1. The number of rotatable bonds is 2. The zero-order valence-electron chi connectivity index (χ0n) is 6.69. The van der Waals surface area contributed by atoms with Gasteiger partial charge in [-0.2, -0.15) is 0 Å². The van der Waals surface area contributed by atoms with Gasteiger partial charge in [0.15, 0.2) is 0 Å². The van der Waals surface area contributed by atoms with Crippen molar-refractivity contribution in [3.05, 3.63) is 35.7 Å². The molecule has 0 atom stereocenters. The maximum atomic E-state index is 10.1. The molecule has 0 aromatic carbocycles. The molecule has 0 saturated carbocycles. The number of aliphatic carboxylic acids is 1. The Balaban J connectivity index is 2.83. The van der Waals surface area contributed by atoms with E-state index in [9.17, 15) is 4.79 Å². The van der Waals surface area contributed by atoms with E-state index in [4.69, 9.17) is 5.11 Å². The number of hydrogen-bond donors (Lipinski definition) is 1. The first-order chi connectivity index (χ1) is 5.68. The molecular weight excluding hydrogens is 154 g/mol. The van der Waals surface area contributed by atoms with Gasteiger partial charge in [-0.1, -0.05) is 6.07 Å². The minimum atomic E-state index is -0.960. The lowest BCUT2D eigenvalue weighted by Crippen LogP contribution is -1.88. The minimum Gasteiger partial charge on any atom is -0.478 e. The molecule has 0 spiro atoms. The number of aryl methyl sites for hydroxylation is 1. The van der Waals surface area contributed by atoms with Gasteiger partial charge in [0.2, 0.25) is 0 Å². The van der Waals surface area contributed by atoms with E-state index in [0.717, 1.165) is 11.8 Å². The highest BCUT2D eigenvalue weighted by Crippen LogP contribution is 1.99. The van der Waals surface area contributed by atoms with Crippen LogP contribution in [0, 0.1) is 6.92 Å². The largest absolute Gasteiger partial charge is 0.478 e. The topological polar surface area (TPSA) is 50.2 Å². The van der Waals surface area contributed by atoms with Gasteiger partial charge in [-0.15, -0.1) is 0 Å². The molecule has 0 radical (unpaired) electrons. The summed E-state index contributed by atoms with van der Waals surface area (Å²) < 4.78 is 0. The third kappa shape index (κ3) is 2.54. The fraction of sp³-hybridized carbons (Fsp3) is 0.111. The molecule has 0 saturated heterocycles. The van der Waals surface area contributed by atoms with Gasteiger partial charge in [0.1, 0.15) is 0 Å². The molecule has 1 heterocycles. The Kier molecular flexibility index (Phi) is 2.58. The van der Waals surface area contributed by atoms with Crippen molar-refractivity contribution >= 4 is 12.0 Å². The fourth-order valence-corrected chi connectivity index (χ4v) is 0.814. The molecule has 0 aliphatic heterocycles. The van der Waals surface area contributed by atoms with E-state index in [-0.39, 0.29) is 0 Å². The molecule has 0 unspecified atom stereocenters. The van der Waals surface area contributed by atoms with Crippen LogP contribution in [-0.4, -0.2) is 16.1 Å². The first kappa shape index (κ1) is 8.46. The summed E-state index contributed by atoms with van der Waals surface area (Å²) in [6.45, 7) is 1.86. The number of carboxylic acids is 1. The second kappa shape index (κ2) is 3.67. The van der Waals surface area contributed by atoms with Gasteiger partial charge in [0.05, 0.1) is 5.69 Å². The molecule has 0 amide bonds. The zero-order chi connectivity index (χ0) is 8.97. The van der Waals surface area contributed by atoms with Gasteiger partial charge in [-0.05, 0) is 25.1 Å². The Morgan fingerprint density at radius 2 is 2.33 bits per heavy atom. The third-order valence-corrected chi connectivity index (χ3v) is 1.31. The Hall–Kier alpha value is -1.64. The predicted octanol–water partition coefficient (Wildman–Crippen LogP) is 1.49. The molecule has 1 aromatic heterocycles. The first-order valence-electron chi connectivity index (χ1n) is 3.53. The van der Waals surface area contributed by atoms with Crippen molar-refractivity contribution in [3.8, 4) is 0 Å². The van der Waals surface area contributed by atoms with Crippen LogP contribution in [0.3, 0.4) is 0 Å². The van der Waals surface area contributed by atoms with Crippen molar-refractivity contribution in [2.75, 3.05) is 0 Å². The van der Waals surface area contributed by atoms with Crippen LogP contribution in [-0.2, 0) is 4.79 Å². The van der Waals surface area contributed by atoms with E-state index < -0.39 is 5.97 Å². The van der Waals surface area contributed by atoms with Crippen molar-refractivity contribution in [1.29, 1.82) is 0 Å². The molecular formula is C9H9NO2. The predicted molar refractivity (Wildman–Crippen MR) is 45.6 cm³/mol. The van der Waals surface area contributed by atoms with Crippen LogP contribution in [0.4, 0.5) is 0 Å². The zero-order valence-corrected chi connectivity index (χ0v) is 6.69. The highest BCUT2D eigenvalue weighted by molar-refractivity contribution is 5.84. The standard InChI is InChI=1S/C9H9NO2/c1-7-3-2-4-8(10-7)5-6-9(11)12/h2-6H,1H3,(H,11,12)/b6-5-. The molecule has 3 heteroatoms. The van der Waals surface area contributed by atoms with Crippen molar-refractivity contribution in [1.82, 2.24) is 4.98 Å². The SMILES string of the molecule is Cc1cccc(/C=C\C(=O)O)n1. The van der Waals surface area contributed by atoms with Crippen LogP contribution < -0.4 is 0 Å². The van der Waals surface area contributed by atoms with Crippen molar-refractivity contribution < 1.29 is 9.90 Å². The highest BCUT2D eigenvalue weighted by atomic mass is 16.4. The molecule has 12 heavy (non-hydrogen) atoms. The van der Waals surface area contributed by atoms with Crippen LogP contribution in [0.25, 0.3) is 6.08 Å². The van der Waals surface area contributed by atoms with Gasteiger partial charge in [-0.3, -0.25) is 4.98 Å². The summed E-state index contributed by atoms with van der Waals surface area (Å²) in [5.41, 5.74) is 1.54. The average Bonchev–Trinajstić information content (AvgIpc) is 2.01. The Labute approximate surface area is 70.4 Å². The number of hydrogen-bond acceptors (Lipinski definition) is 2.